The van der Waals surface area contributed by atoms with Gasteiger partial charge in [0.1, 0.15) is 6.04 Å². The number of hydrogen-bond donors (Lipinski definition) is 0. The van der Waals surface area contributed by atoms with Gasteiger partial charge in [-0.05, 0) is 18.1 Å². The van der Waals surface area contributed by atoms with Gasteiger partial charge in [-0.3, -0.25) is 9.69 Å². The Balaban J connectivity index is 2.06. The van der Waals surface area contributed by atoms with Gasteiger partial charge in [0.2, 0.25) is 5.91 Å². The molecule has 0 bridgehead atoms. The first-order valence-corrected chi connectivity index (χ1v) is 7.52. The van der Waals surface area contributed by atoms with Crippen LogP contribution in [0.25, 0.3) is 0 Å². The second-order valence-corrected chi connectivity index (χ2v) is 5.90. The van der Waals surface area contributed by atoms with Crippen molar-refractivity contribution in [3.63, 3.8) is 0 Å². The Kier molecular flexibility index (Phi) is 4.98. The first-order chi connectivity index (χ1) is 10.0. The number of nitrogens with zero attached hydrogens (tertiary/aromatic N) is 3. The van der Waals surface area contributed by atoms with Crippen LogP contribution in [-0.4, -0.2) is 41.9 Å². The van der Waals surface area contributed by atoms with Gasteiger partial charge in [0, 0.05) is 32.1 Å². The summed E-state index contributed by atoms with van der Waals surface area (Å²) in [5.74, 6) is 0.249. The van der Waals surface area contributed by atoms with Crippen LogP contribution in [0, 0.1) is 24.2 Å². The lowest BCUT2D eigenvalue weighted by atomic mass is 10.0. The van der Waals surface area contributed by atoms with Crippen molar-refractivity contribution in [2.24, 2.45) is 5.92 Å². The van der Waals surface area contributed by atoms with E-state index in [1.807, 2.05) is 49.9 Å². The van der Waals surface area contributed by atoms with Crippen LogP contribution in [0.2, 0.25) is 0 Å². The number of aryl methyl sites for hydroxylation is 1. The molecule has 0 spiro atoms. The maximum atomic E-state index is 12.0. The van der Waals surface area contributed by atoms with Gasteiger partial charge in [-0.1, -0.05) is 38.1 Å². The number of carbonyl (C=O) groups excluding carboxylic acids is 1. The summed E-state index contributed by atoms with van der Waals surface area (Å²) in [4.78, 5) is 16.1. The predicted octanol–water partition coefficient (Wildman–Crippen LogP) is 2.36. The molecule has 1 atom stereocenters. The summed E-state index contributed by atoms with van der Waals surface area (Å²) in [5, 5.41) is 9.55. The Bertz CT molecular complexity index is 539. The van der Waals surface area contributed by atoms with E-state index in [-0.39, 0.29) is 17.9 Å². The molecule has 1 aliphatic rings. The van der Waals surface area contributed by atoms with Crippen molar-refractivity contribution in [2.45, 2.75) is 26.8 Å². The molecule has 1 aromatic carbocycles. The van der Waals surface area contributed by atoms with E-state index >= 15 is 0 Å². The first-order valence-electron chi connectivity index (χ1n) is 7.52. The van der Waals surface area contributed by atoms with Gasteiger partial charge in [-0.25, -0.2) is 0 Å². The molecule has 4 heteroatoms. The molecular weight excluding hydrogens is 262 g/mol. The molecule has 1 saturated heterocycles. The summed E-state index contributed by atoms with van der Waals surface area (Å²) < 4.78 is 0. The van der Waals surface area contributed by atoms with E-state index in [2.05, 4.69) is 11.0 Å². The summed E-state index contributed by atoms with van der Waals surface area (Å²) in [5.41, 5.74) is 2.22. The minimum atomic E-state index is -0.220. The van der Waals surface area contributed by atoms with Gasteiger partial charge < -0.3 is 4.90 Å². The average Bonchev–Trinajstić information content (AvgIpc) is 2.50. The van der Waals surface area contributed by atoms with Crippen LogP contribution < -0.4 is 0 Å². The topological polar surface area (TPSA) is 47.3 Å². The number of hydrogen-bond acceptors (Lipinski definition) is 3. The summed E-state index contributed by atoms with van der Waals surface area (Å²) >= 11 is 0. The van der Waals surface area contributed by atoms with Crippen LogP contribution in [0.4, 0.5) is 0 Å². The monoisotopic (exact) mass is 285 g/mol. The molecular formula is C17H23N3O. The number of benzene rings is 1. The van der Waals surface area contributed by atoms with E-state index < -0.39 is 0 Å². The van der Waals surface area contributed by atoms with E-state index in [4.69, 9.17) is 0 Å². The molecule has 1 amide bonds. The van der Waals surface area contributed by atoms with Crippen molar-refractivity contribution in [1.29, 1.82) is 5.26 Å². The summed E-state index contributed by atoms with van der Waals surface area (Å²) in [6.45, 7) is 8.83. The van der Waals surface area contributed by atoms with Gasteiger partial charge in [-0.2, -0.15) is 5.26 Å². The van der Waals surface area contributed by atoms with Crippen LogP contribution >= 0.6 is 0 Å². The smallest absolute Gasteiger partial charge is 0.225 e. The number of rotatable bonds is 3. The molecule has 1 aromatic rings. The highest BCUT2D eigenvalue weighted by molar-refractivity contribution is 5.78. The Morgan fingerprint density at radius 3 is 2.33 bits per heavy atom. The highest BCUT2D eigenvalue weighted by Gasteiger charge is 2.28. The maximum Gasteiger partial charge on any atom is 0.225 e. The highest BCUT2D eigenvalue weighted by atomic mass is 16.2. The van der Waals surface area contributed by atoms with Gasteiger partial charge in [0.15, 0.2) is 0 Å². The predicted molar refractivity (Wildman–Crippen MR) is 82.5 cm³/mol. The SMILES string of the molecule is Cc1ccccc1C(C#N)N1CCN(C(=O)C(C)C)CC1. The molecule has 0 saturated carbocycles. The minimum absolute atomic E-state index is 0.0414. The highest BCUT2D eigenvalue weighted by Crippen LogP contribution is 2.24. The minimum Gasteiger partial charge on any atom is -0.340 e. The summed E-state index contributed by atoms with van der Waals surface area (Å²) in [6.07, 6.45) is 0. The Morgan fingerprint density at radius 1 is 1.19 bits per heavy atom. The van der Waals surface area contributed by atoms with Crippen molar-refractivity contribution in [3.05, 3.63) is 35.4 Å². The van der Waals surface area contributed by atoms with Crippen LogP contribution in [-0.2, 0) is 4.79 Å². The number of carbonyl (C=O) groups is 1. The molecule has 2 rings (SSSR count). The van der Waals surface area contributed by atoms with Crippen LogP contribution in [0.5, 0.6) is 0 Å². The van der Waals surface area contributed by atoms with E-state index in [0.717, 1.165) is 24.2 Å². The molecule has 1 fully saturated rings. The van der Waals surface area contributed by atoms with Gasteiger partial charge in [0.05, 0.1) is 6.07 Å². The normalized spacial score (nSPS) is 17.6. The Hall–Kier alpha value is -1.86. The third kappa shape index (κ3) is 3.43. The molecule has 21 heavy (non-hydrogen) atoms. The molecule has 0 N–H and O–H groups in total. The molecule has 1 heterocycles. The molecule has 1 aliphatic heterocycles. The van der Waals surface area contributed by atoms with Gasteiger partial charge in [-0.15, -0.1) is 0 Å². The Labute approximate surface area is 127 Å². The zero-order valence-corrected chi connectivity index (χ0v) is 13.0. The number of nitriles is 1. The zero-order chi connectivity index (χ0) is 15.4. The van der Waals surface area contributed by atoms with Crippen LogP contribution in [0.15, 0.2) is 24.3 Å². The molecule has 0 aromatic heterocycles. The van der Waals surface area contributed by atoms with E-state index in [1.165, 1.54) is 0 Å². The van der Waals surface area contributed by atoms with Gasteiger partial charge in [0.25, 0.3) is 0 Å². The molecule has 0 radical (unpaired) electrons. The first kappa shape index (κ1) is 15.5. The van der Waals surface area contributed by atoms with E-state index in [0.29, 0.717) is 13.1 Å². The standard InChI is InChI=1S/C17H23N3O/c1-13(2)17(21)20-10-8-19(9-11-20)16(12-18)15-7-5-4-6-14(15)3/h4-7,13,16H,8-11H2,1-3H3. The third-order valence-electron chi connectivity index (χ3n) is 4.09. The molecule has 0 aliphatic carbocycles. The second kappa shape index (κ2) is 6.73. The lowest BCUT2D eigenvalue weighted by Crippen LogP contribution is -2.50. The van der Waals surface area contributed by atoms with Crippen molar-refractivity contribution >= 4 is 5.91 Å². The largest absolute Gasteiger partial charge is 0.340 e. The van der Waals surface area contributed by atoms with Gasteiger partial charge >= 0.3 is 0 Å². The van der Waals surface area contributed by atoms with Crippen molar-refractivity contribution in [3.8, 4) is 6.07 Å². The lowest BCUT2D eigenvalue weighted by molar-refractivity contribution is -0.136. The maximum absolute atomic E-state index is 12.0. The molecule has 4 nitrogen and oxygen atoms in total. The van der Waals surface area contributed by atoms with E-state index in [1.54, 1.807) is 0 Å². The zero-order valence-electron chi connectivity index (χ0n) is 13.0. The van der Waals surface area contributed by atoms with Crippen molar-refractivity contribution in [1.82, 2.24) is 9.80 Å². The fraction of sp³-hybridized carbons (Fsp3) is 0.529. The fourth-order valence-electron chi connectivity index (χ4n) is 2.81. The van der Waals surface area contributed by atoms with Crippen LogP contribution in [0.3, 0.4) is 0 Å². The number of piperazine rings is 1. The quantitative estimate of drug-likeness (QED) is 0.856. The average molecular weight is 285 g/mol. The molecule has 112 valence electrons. The summed E-state index contributed by atoms with van der Waals surface area (Å²) in [6, 6.07) is 10.2. The Morgan fingerprint density at radius 2 is 1.81 bits per heavy atom. The fourth-order valence-corrected chi connectivity index (χ4v) is 2.81. The lowest BCUT2D eigenvalue weighted by Gasteiger charge is -2.38. The third-order valence-corrected chi connectivity index (χ3v) is 4.09. The van der Waals surface area contributed by atoms with Crippen LogP contribution in [0.1, 0.15) is 31.0 Å². The molecule has 1 unspecified atom stereocenters. The summed E-state index contributed by atoms with van der Waals surface area (Å²) in [7, 11) is 0. The number of amides is 1. The second-order valence-electron chi connectivity index (χ2n) is 5.90. The van der Waals surface area contributed by atoms with E-state index in [9.17, 15) is 10.1 Å². The van der Waals surface area contributed by atoms with Crippen molar-refractivity contribution in [2.75, 3.05) is 26.2 Å². The van der Waals surface area contributed by atoms with Crippen molar-refractivity contribution < 1.29 is 4.79 Å².